The number of H-pyrrole nitrogens is 2. The minimum absolute atomic E-state index is 0.172. The quantitative estimate of drug-likeness (QED) is 0.260. The molecule has 0 bridgehead atoms. The van der Waals surface area contributed by atoms with Crippen molar-refractivity contribution in [2.45, 2.75) is 29.1 Å². The van der Waals surface area contributed by atoms with Crippen molar-refractivity contribution >= 4 is 20.9 Å². The van der Waals surface area contributed by atoms with E-state index in [0.29, 0.717) is 39.6 Å². The molecule has 0 saturated carbocycles. The van der Waals surface area contributed by atoms with Gasteiger partial charge in [0.2, 0.25) is 9.84 Å². The van der Waals surface area contributed by atoms with E-state index < -0.39 is 9.84 Å². The van der Waals surface area contributed by atoms with Gasteiger partial charge in [-0.3, -0.25) is 5.10 Å². The second kappa shape index (κ2) is 10.8. The molecule has 2 aromatic carbocycles. The number of methoxy groups -OCH3 is 2. The first-order valence-electron chi connectivity index (χ1n) is 13.1. The lowest BCUT2D eigenvalue weighted by Gasteiger charge is -2.21. The fraction of sp³-hybridized carbons (Fsp3) is 0.267. The number of rotatable bonds is 8. The zero-order chi connectivity index (χ0) is 27.7. The van der Waals surface area contributed by atoms with Gasteiger partial charge < -0.3 is 19.2 Å². The van der Waals surface area contributed by atoms with Crippen LogP contribution in [0.25, 0.3) is 33.3 Å². The molecule has 0 unspecified atom stereocenters. The minimum Gasteiger partial charge on any atom is -0.493 e. The van der Waals surface area contributed by atoms with Crippen LogP contribution in [0.15, 0.2) is 76.9 Å². The van der Waals surface area contributed by atoms with E-state index in [0.717, 1.165) is 49.3 Å². The predicted molar refractivity (Wildman–Crippen MR) is 151 cm³/mol. The number of sulfone groups is 1. The van der Waals surface area contributed by atoms with Crippen molar-refractivity contribution in [3.05, 3.63) is 72.8 Å². The summed E-state index contributed by atoms with van der Waals surface area (Å²) in [6.45, 7) is 1.50. The third-order valence-electron chi connectivity index (χ3n) is 7.51. The van der Waals surface area contributed by atoms with E-state index in [1.165, 1.54) is 0 Å². The molecule has 40 heavy (non-hydrogen) atoms. The number of ether oxygens (including phenoxy) is 3. The Morgan fingerprint density at radius 1 is 0.950 bits per heavy atom. The lowest BCUT2D eigenvalue weighted by molar-refractivity contribution is 0.0663. The van der Waals surface area contributed by atoms with E-state index in [1.807, 2.05) is 12.3 Å². The molecule has 1 fully saturated rings. The molecule has 9 nitrogen and oxygen atoms in total. The summed E-state index contributed by atoms with van der Waals surface area (Å²) in [4.78, 5) is 8.24. The van der Waals surface area contributed by atoms with Crippen LogP contribution in [0.2, 0.25) is 0 Å². The molecule has 4 heterocycles. The van der Waals surface area contributed by atoms with Crippen LogP contribution < -0.4 is 9.47 Å². The van der Waals surface area contributed by atoms with Gasteiger partial charge in [-0.25, -0.2) is 13.4 Å². The minimum atomic E-state index is -3.98. The molecule has 1 saturated heterocycles. The molecule has 206 valence electrons. The molecular formula is C30H30N4O5S. The summed E-state index contributed by atoms with van der Waals surface area (Å²) in [7, 11) is -0.872. The Balaban J connectivity index is 1.60. The Bertz CT molecular complexity index is 1760. The molecule has 2 N–H and O–H groups in total. The van der Waals surface area contributed by atoms with Crippen molar-refractivity contribution in [3.63, 3.8) is 0 Å². The van der Waals surface area contributed by atoms with Crippen LogP contribution in [0.1, 0.15) is 18.5 Å². The number of aromatic amines is 2. The van der Waals surface area contributed by atoms with Gasteiger partial charge in [-0.2, -0.15) is 5.10 Å². The largest absolute Gasteiger partial charge is 0.493 e. The van der Waals surface area contributed by atoms with E-state index in [9.17, 15) is 8.42 Å². The third kappa shape index (κ3) is 4.63. The van der Waals surface area contributed by atoms with Gasteiger partial charge in [-0.05, 0) is 55.0 Å². The smallest absolute Gasteiger partial charge is 0.208 e. The van der Waals surface area contributed by atoms with Gasteiger partial charge in [0.15, 0.2) is 11.5 Å². The highest BCUT2D eigenvalue weighted by Crippen LogP contribution is 2.43. The van der Waals surface area contributed by atoms with Gasteiger partial charge in [0.05, 0.1) is 30.2 Å². The van der Waals surface area contributed by atoms with Crippen molar-refractivity contribution in [1.29, 1.82) is 0 Å². The Labute approximate surface area is 232 Å². The van der Waals surface area contributed by atoms with E-state index in [-0.39, 0.29) is 9.79 Å². The summed E-state index contributed by atoms with van der Waals surface area (Å²) < 4.78 is 45.3. The highest BCUT2D eigenvalue weighted by atomic mass is 32.2. The van der Waals surface area contributed by atoms with Crippen LogP contribution in [0.3, 0.4) is 0 Å². The fourth-order valence-electron chi connectivity index (χ4n) is 5.42. The van der Waals surface area contributed by atoms with Crippen molar-refractivity contribution in [2.24, 2.45) is 5.92 Å². The number of fused-ring (bicyclic) bond motifs is 1. The standard InChI is InChI=1S/C30H30N4O5S/c1-37-26-9-8-20(15-27(26)38-2)22-16-31-30-28(29(22)40(35,36)21-6-4-3-5-7-21)24(17-32-30)23-18-33-34-25(23)14-19-10-12-39-13-11-19/h3-9,15-19H,10-14H2,1-2H3,(H,31,32)(H,33,34). The summed E-state index contributed by atoms with van der Waals surface area (Å²) in [5.74, 6) is 1.50. The van der Waals surface area contributed by atoms with Crippen LogP contribution in [0, 0.1) is 5.92 Å². The number of pyridine rings is 1. The molecule has 0 spiro atoms. The van der Waals surface area contributed by atoms with Crippen molar-refractivity contribution < 1.29 is 22.6 Å². The average molecular weight is 559 g/mol. The normalized spacial score (nSPS) is 14.4. The summed E-state index contributed by atoms with van der Waals surface area (Å²) in [6, 6.07) is 13.8. The second-order valence-electron chi connectivity index (χ2n) is 9.84. The van der Waals surface area contributed by atoms with Crippen LogP contribution in [-0.2, 0) is 21.0 Å². The van der Waals surface area contributed by atoms with Gasteiger partial charge >= 0.3 is 0 Å². The average Bonchev–Trinajstić information content (AvgIpc) is 3.63. The first kappa shape index (κ1) is 26.1. The monoisotopic (exact) mass is 558 g/mol. The number of benzene rings is 2. The molecule has 0 amide bonds. The summed E-state index contributed by atoms with van der Waals surface area (Å²) in [5.41, 5.74) is 4.14. The Morgan fingerprint density at radius 2 is 1.73 bits per heavy atom. The molecule has 1 aliphatic rings. The molecule has 1 aliphatic heterocycles. The molecule has 6 rings (SSSR count). The first-order valence-corrected chi connectivity index (χ1v) is 14.6. The number of nitrogens with one attached hydrogen (secondary N) is 2. The Hall–Kier alpha value is -4.15. The highest BCUT2D eigenvalue weighted by molar-refractivity contribution is 7.92. The zero-order valence-electron chi connectivity index (χ0n) is 22.3. The van der Waals surface area contributed by atoms with Gasteiger partial charge in [-0.15, -0.1) is 0 Å². The number of hydrogen-bond donors (Lipinski definition) is 2. The van der Waals surface area contributed by atoms with Crippen molar-refractivity contribution in [3.8, 4) is 33.8 Å². The molecule has 5 aromatic rings. The highest BCUT2D eigenvalue weighted by Gasteiger charge is 2.30. The molecule has 0 atom stereocenters. The maximum Gasteiger partial charge on any atom is 0.208 e. The molecular weight excluding hydrogens is 528 g/mol. The summed E-state index contributed by atoms with van der Waals surface area (Å²) >= 11 is 0. The van der Waals surface area contributed by atoms with Crippen molar-refractivity contribution in [1.82, 2.24) is 20.2 Å². The van der Waals surface area contributed by atoms with Gasteiger partial charge in [0, 0.05) is 53.4 Å². The van der Waals surface area contributed by atoms with E-state index in [2.05, 4.69) is 20.2 Å². The number of nitrogens with zero attached hydrogens (tertiary/aromatic N) is 2. The Kier molecular flexibility index (Phi) is 7.03. The van der Waals surface area contributed by atoms with Crippen molar-refractivity contribution in [2.75, 3.05) is 27.4 Å². The van der Waals surface area contributed by atoms with Gasteiger partial charge in [-0.1, -0.05) is 24.3 Å². The first-order chi connectivity index (χ1) is 19.5. The predicted octanol–water partition coefficient (Wildman–Crippen LogP) is 5.44. The van der Waals surface area contributed by atoms with Gasteiger partial charge in [0.1, 0.15) is 5.65 Å². The fourth-order valence-corrected chi connectivity index (χ4v) is 7.11. The van der Waals surface area contributed by atoms with E-state index in [4.69, 9.17) is 14.2 Å². The van der Waals surface area contributed by atoms with E-state index >= 15 is 0 Å². The molecule has 0 aliphatic carbocycles. The van der Waals surface area contributed by atoms with Gasteiger partial charge in [0.25, 0.3) is 0 Å². The number of aromatic nitrogens is 4. The zero-order valence-corrected chi connectivity index (χ0v) is 23.1. The maximum atomic E-state index is 14.4. The summed E-state index contributed by atoms with van der Waals surface area (Å²) in [6.07, 6.45) is 7.93. The molecule has 0 radical (unpaired) electrons. The maximum absolute atomic E-state index is 14.4. The molecule has 3 aromatic heterocycles. The summed E-state index contributed by atoms with van der Waals surface area (Å²) in [5, 5.41) is 8.04. The topological polar surface area (TPSA) is 119 Å². The number of hydrogen-bond acceptors (Lipinski definition) is 7. The lowest BCUT2D eigenvalue weighted by Crippen LogP contribution is -2.18. The SMILES string of the molecule is COc1ccc(-c2cnc3[nH]cc(-c4cn[nH]c4CC4CCOCC4)c3c2S(=O)(=O)c2ccccc2)cc1OC. The van der Waals surface area contributed by atoms with E-state index in [1.54, 1.807) is 69.1 Å². The van der Waals surface area contributed by atoms with Crippen LogP contribution in [0.4, 0.5) is 0 Å². The third-order valence-corrected chi connectivity index (χ3v) is 9.37. The lowest BCUT2D eigenvalue weighted by atomic mass is 9.92. The van der Waals surface area contributed by atoms with Crippen LogP contribution in [-0.4, -0.2) is 56.0 Å². The Morgan fingerprint density at radius 3 is 2.48 bits per heavy atom. The van der Waals surface area contributed by atoms with Crippen LogP contribution >= 0.6 is 0 Å². The second-order valence-corrected chi connectivity index (χ2v) is 11.7. The molecule has 10 heteroatoms. The van der Waals surface area contributed by atoms with Crippen LogP contribution in [0.5, 0.6) is 11.5 Å².